The van der Waals surface area contributed by atoms with Crippen LogP contribution in [0.2, 0.25) is 5.15 Å². The molecule has 0 aromatic carbocycles. The fourth-order valence-corrected chi connectivity index (χ4v) is 7.43. The quantitative estimate of drug-likeness (QED) is 0.120. The van der Waals surface area contributed by atoms with E-state index in [-0.39, 0.29) is 16.0 Å². The summed E-state index contributed by atoms with van der Waals surface area (Å²) in [6, 6.07) is 4.87. The van der Waals surface area contributed by atoms with Gasteiger partial charge in [0.15, 0.2) is 0 Å². The first-order valence-corrected chi connectivity index (χ1v) is 15.3. The third-order valence-electron chi connectivity index (χ3n) is 5.88. The smallest absolute Gasteiger partial charge is 0.415 e. The number of rotatable bonds is 11. The highest BCUT2D eigenvalue weighted by molar-refractivity contribution is 9.10. The van der Waals surface area contributed by atoms with Crippen molar-refractivity contribution in [3.63, 3.8) is 0 Å². The maximum Gasteiger partial charge on any atom is 0.415 e. The molecule has 0 aliphatic heterocycles. The van der Waals surface area contributed by atoms with Crippen molar-refractivity contribution in [2.24, 2.45) is 0 Å². The van der Waals surface area contributed by atoms with Crippen molar-refractivity contribution in [3.8, 4) is 0 Å². The van der Waals surface area contributed by atoms with E-state index in [9.17, 15) is 14.9 Å². The first-order valence-electron chi connectivity index (χ1n) is 12.4. The van der Waals surface area contributed by atoms with Gasteiger partial charge in [-0.25, -0.2) is 9.78 Å². The van der Waals surface area contributed by atoms with E-state index in [1.54, 1.807) is 22.3 Å². The Morgan fingerprint density at radius 2 is 2.03 bits per heavy atom. The number of nitrogens with zero attached hydrogens (tertiary/aromatic N) is 3. The van der Waals surface area contributed by atoms with Gasteiger partial charge in [-0.1, -0.05) is 44.4 Å². The largest absolute Gasteiger partial charge is 0.443 e. The lowest BCUT2D eigenvalue weighted by Gasteiger charge is -2.27. The van der Waals surface area contributed by atoms with Crippen LogP contribution in [0.3, 0.4) is 0 Å². The van der Waals surface area contributed by atoms with Gasteiger partial charge >= 0.3 is 6.09 Å². The summed E-state index contributed by atoms with van der Waals surface area (Å²) in [6.07, 6.45) is 3.24. The predicted molar refractivity (Wildman–Crippen MR) is 157 cm³/mol. The molecule has 11 heteroatoms. The molecule has 7 nitrogen and oxygen atoms in total. The van der Waals surface area contributed by atoms with Crippen molar-refractivity contribution in [2.75, 3.05) is 4.90 Å². The van der Waals surface area contributed by atoms with Gasteiger partial charge in [0.1, 0.15) is 10.8 Å². The van der Waals surface area contributed by atoms with Crippen LogP contribution in [0.5, 0.6) is 0 Å². The van der Waals surface area contributed by atoms with Gasteiger partial charge < -0.3 is 4.74 Å². The first-order chi connectivity index (χ1) is 17.5. The van der Waals surface area contributed by atoms with Crippen LogP contribution in [0, 0.1) is 10.1 Å². The number of hydrogen-bond acceptors (Lipinski definition) is 7. The summed E-state index contributed by atoms with van der Waals surface area (Å²) in [5, 5.41) is 14.3. The minimum atomic E-state index is -0.701. The fourth-order valence-electron chi connectivity index (χ4n) is 4.24. The predicted octanol–water partition coefficient (Wildman–Crippen LogP) is 9.43. The highest BCUT2D eigenvalue weighted by atomic mass is 79.9. The molecule has 0 N–H and O–H groups in total. The van der Waals surface area contributed by atoms with Gasteiger partial charge in [0.2, 0.25) is 6.04 Å². The number of thiophene rings is 2. The van der Waals surface area contributed by atoms with E-state index in [1.165, 1.54) is 11.3 Å². The number of fused-ring (bicyclic) bond motifs is 1. The lowest BCUT2D eigenvalue weighted by Crippen LogP contribution is -2.36. The van der Waals surface area contributed by atoms with E-state index >= 15 is 0 Å². The first kappa shape index (κ1) is 29.8. The topological polar surface area (TPSA) is 85.6 Å². The number of anilines is 1. The average Bonchev–Trinajstić information content (AvgIpc) is 3.44. The molecule has 3 aromatic rings. The molecular formula is C26H33BrClN3O4S2. The molecule has 0 aliphatic carbocycles. The number of unbranched alkanes of at least 4 members (excludes halogenated alkanes) is 1. The van der Waals surface area contributed by atoms with Crippen molar-refractivity contribution in [2.45, 2.75) is 90.8 Å². The molecule has 1 amide bonds. The SMILES string of the molecule is CCCCC(c1sc2c(N(Cc3cccs3)C(=O)OC(C)(C)C)cc(Cl)nc2c1Br)C(CCC)[N+](=O)[O-]. The van der Waals surface area contributed by atoms with E-state index in [4.69, 9.17) is 16.3 Å². The van der Waals surface area contributed by atoms with Crippen molar-refractivity contribution in [1.29, 1.82) is 0 Å². The molecule has 0 bridgehead atoms. The van der Waals surface area contributed by atoms with Crippen LogP contribution in [0.15, 0.2) is 28.1 Å². The van der Waals surface area contributed by atoms with Crippen LogP contribution < -0.4 is 4.90 Å². The molecule has 3 aromatic heterocycles. The number of carbonyl (C=O) groups is 1. The standard InChI is InChI=1S/C26H33BrClN3O4S2/c1-6-8-12-17(18(10-7-2)31(33)34)23-21(27)22-24(37-23)19(14-20(28)29-22)30(15-16-11-9-13-36-16)25(32)35-26(3,4)5/h9,11,13-14,17-18H,6-8,10,12,15H2,1-5H3. The fraction of sp³-hybridized carbons (Fsp3) is 0.538. The lowest BCUT2D eigenvalue weighted by atomic mass is 9.90. The normalized spacial score (nSPS) is 13.5. The van der Waals surface area contributed by atoms with Crippen molar-refractivity contribution < 1.29 is 14.5 Å². The van der Waals surface area contributed by atoms with Crippen molar-refractivity contribution in [1.82, 2.24) is 4.98 Å². The van der Waals surface area contributed by atoms with Crippen LogP contribution in [-0.4, -0.2) is 27.6 Å². The third kappa shape index (κ3) is 7.43. The van der Waals surface area contributed by atoms with E-state index in [1.807, 2.05) is 45.2 Å². The van der Waals surface area contributed by atoms with Crippen LogP contribution in [-0.2, 0) is 11.3 Å². The van der Waals surface area contributed by atoms with E-state index in [0.717, 1.165) is 33.7 Å². The Morgan fingerprint density at radius 3 is 2.59 bits per heavy atom. The number of pyridine rings is 1. The summed E-state index contributed by atoms with van der Waals surface area (Å²) >= 11 is 13.2. The molecule has 37 heavy (non-hydrogen) atoms. The highest BCUT2D eigenvalue weighted by Gasteiger charge is 2.36. The molecule has 0 spiro atoms. The van der Waals surface area contributed by atoms with Gasteiger partial charge in [-0.2, -0.15) is 0 Å². The number of halogens is 2. The summed E-state index contributed by atoms with van der Waals surface area (Å²) in [5.41, 5.74) is 0.492. The number of hydrogen-bond donors (Lipinski definition) is 0. The Morgan fingerprint density at radius 1 is 1.30 bits per heavy atom. The monoisotopic (exact) mass is 629 g/mol. The van der Waals surface area contributed by atoms with Crippen LogP contribution in [0.4, 0.5) is 10.5 Å². The minimum absolute atomic E-state index is 0.147. The summed E-state index contributed by atoms with van der Waals surface area (Å²) in [6.45, 7) is 9.84. The zero-order valence-corrected chi connectivity index (χ0v) is 25.7. The second-order valence-electron chi connectivity index (χ2n) is 9.96. The van der Waals surface area contributed by atoms with Crippen LogP contribution >= 0.6 is 50.2 Å². The Kier molecular flexibility index (Phi) is 10.4. The second-order valence-corrected chi connectivity index (χ2v) is 13.2. The van der Waals surface area contributed by atoms with Crippen LogP contribution in [0.1, 0.15) is 82.4 Å². The molecule has 0 radical (unpaired) electrons. The second kappa shape index (κ2) is 12.9. The average molecular weight is 631 g/mol. The van der Waals surface area contributed by atoms with E-state index < -0.39 is 17.7 Å². The zero-order valence-electron chi connectivity index (χ0n) is 21.8. The molecule has 2 atom stereocenters. The van der Waals surface area contributed by atoms with Gasteiger partial charge in [-0.05, 0) is 61.0 Å². The zero-order chi connectivity index (χ0) is 27.3. The number of nitro groups is 1. The summed E-state index contributed by atoms with van der Waals surface area (Å²) in [7, 11) is 0. The summed E-state index contributed by atoms with van der Waals surface area (Å²) < 4.78 is 7.22. The highest BCUT2D eigenvalue weighted by Crippen LogP contribution is 2.47. The molecule has 0 saturated carbocycles. The molecule has 0 aliphatic rings. The Bertz CT molecular complexity index is 1230. The Labute approximate surface area is 239 Å². The number of ether oxygens (including phenoxy) is 1. The molecule has 3 heterocycles. The minimum Gasteiger partial charge on any atom is -0.443 e. The maximum absolute atomic E-state index is 13.4. The molecule has 2 unspecified atom stereocenters. The van der Waals surface area contributed by atoms with Crippen molar-refractivity contribution >= 4 is 72.2 Å². The van der Waals surface area contributed by atoms with Gasteiger partial charge in [0, 0.05) is 27.2 Å². The van der Waals surface area contributed by atoms with Gasteiger partial charge in [0.25, 0.3) is 0 Å². The molecule has 202 valence electrons. The Hall–Kier alpha value is -1.75. The molecule has 0 fully saturated rings. The lowest BCUT2D eigenvalue weighted by molar-refractivity contribution is -0.528. The van der Waals surface area contributed by atoms with Gasteiger partial charge in [0.05, 0.1) is 32.8 Å². The van der Waals surface area contributed by atoms with E-state index in [2.05, 4.69) is 27.8 Å². The third-order valence-corrected chi connectivity index (χ3v) is 9.34. The maximum atomic E-state index is 13.4. The Balaban J connectivity index is 2.20. The molecule has 0 saturated heterocycles. The molecule has 3 rings (SSSR count). The number of amides is 1. The number of carbonyl (C=O) groups excluding carboxylic acids is 1. The van der Waals surface area contributed by atoms with Crippen LogP contribution in [0.25, 0.3) is 10.2 Å². The molecular weight excluding hydrogens is 598 g/mol. The number of aromatic nitrogens is 1. The van der Waals surface area contributed by atoms with Gasteiger partial charge in [-0.15, -0.1) is 22.7 Å². The summed E-state index contributed by atoms with van der Waals surface area (Å²) in [5.74, 6) is -0.276. The summed E-state index contributed by atoms with van der Waals surface area (Å²) in [4.78, 5) is 33.4. The van der Waals surface area contributed by atoms with Gasteiger partial charge in [-0.3, -0.25) is 15.0 Å². The van der Waals surface area contributed by atoms with Crippen molar-refractivity contribution in [3.05, 3.63) is 53.1 Å². The van der Waals surface area contributed by atoms with E-state index in [0.29, 0.717) is 35.1 Å².